The first kappa shape index (κ1) is 12.0. The Morgan fingerprint density at radius 3 is 2.44 bits per heavy atom. The van der Waals surface area contributed by atoms with Crippen LogP contribution in [0.15, 0.2) is 48.6 Å². The van der Waals surface area contributed by atoms with E-state index in [0.717, 1.165) is 11.1 Å². The van der Waals surface area contributed by atoms with E-state index in [1.54, 1.807) is 12.2 Å². The molecule has 0 bridgehead atoms. The van der Waals surface area contributed by atoms with Gasteiger partial charge < -0.3 is 5.73 Å². The third kappa shape index (κ3) is 1.90. The van der Waals surface area contributed by atoms with E-state index < -0.39 is 16.4 Å². The summed E-state index contributed by atoms with van der Waals surface area (Å²) in [6, 6.07) is 9.46. The Labute approximate surface area is 104 Å². The van der Waals surface area contributed by atoms with Crippen molar-refractivity contribution in [3.05, 3.63) is 64.2 Å². The highest BCUT2D eigenvalue weighted by Crippen LogP contribution is 2.28. The number of primary amides is 1. The molecule has 5 nitrogen and oxygen atoms in total. The number of nitrogens with two attached hydrogens (primary N) is 1. The predicted octanol–water partition coefficient (Wildman–Crippen LogP) is 1.53. The van der Waals surface area contributed by atoms with Gasteiger partial charge in [0.15, 0.2) is 0 Å². The highest BCUT2D eigenvalue weighted by Gasteiger charge is 2.47. The van der Waals surface area contributed by atoms with Crippen molar-refractivity contribution in [3.63, 3.8) is 0 Å². The first-order valence-corrected chi connectivity index (χ1v) is 5.45. The van der Waals surface area contributed by atoms with Gasteiger partial charge in [-0.05, 0) is 11.1 Å². The molecule has 1 atom stereocenters. The van der Waals surface area contributed by atoms with Crippen LogP contribution < -0.4 is 5.73 Å². The number of benzene rings is 1. The van der Waals surface area contributed by atoms with Crippen LogP contribution in [0.25, 0.3) is 5.57 Å². The number of allylic oxidation sites excluding steroid dienone is 2. The van der Waals surface area contributed by atoms with Crippen molar-refractivity contribution in [2.75, 3.05) is 0 Å². The first-order chi connectivity index (χ1) is 8.56. The van der Waals surface area contributed by atoms with Gasteiger partial charge in [-0.25, -0.2) is 0 Å². The molecule has 1 amide bonds. The second kappa shape index (κ2) is 4.44. The number of nitro groups is 1. The molecule has 0 aliphatic heterocycles. The maximum absolute atomic E-state index is 11.3. The summed E-state index contributed by atoms with van der Waals surface area (Å²) in [5.41, 5.74) is 5.13. The lowest BCUT2D eigenvalue weighted by atomic mass is 9.86. The second-order valence-corrected chi connectivity index (χ2v) is 4.11. The number of hydrogen-bond acceptors (Lipinski definition) is 3. The van der Waals surface area contributed by atoms with Gasteiger partial charge in [-0.2, -0.15) is 0 Å². The average molecular weight is 244 g/mol. The fourth-order valence-electron chi connectivity index (χ4n) is 1.88. The fourth-order valence-corrected chi connectivity index (χ4v) is 1.88. The van der Waals surface area contributed by atoms with Crippen molar-refractivity contribution in [2.24, 2.45) is 5.73 Å². The monoisotopic (exact) mass is 244 g/mol. The van der Waals surface area contributed by atoms with E-state index in [4.69, 9.17) is 5.73 Å². The topological polar surface area (TPSA) is 86.2 Å². The molecular weight excluding hydrogens is 232 g/mol. The van der Waals surface area contributed by atoms with Crippen LogP contribution in [0.5, 0.6) is 0 Å². The summed E-state index contributed by atoms with van der Waals surface area (Å²) in [5, 5.41) is 11.0. The highest BCUT2D eigenvalue weighted by molar-refractivity contribution is 5.89. The Balaban J connectivity index is 2.31. The molecule has 1 unspecified atom stereocenters. The van der Waals surface area contributed by atoms with E-state index in [-0.39, 0.29) is 6.42 Å². The summed E-state index contributed by atoms with van der Waals surface area (Å²) >= 11 is 0. The molecule has 0 spiro atoms. The molecule has 0 saturated carbocycles. The summed E-state index contributed by atoms with van der Waals surface area (Å²) in [5.74, 6) is -0.938. The van der Waals surface area contributed by atoms with E-state index in [9.17, 15) is 14.9 Å². The summed E-state index contributed by atoms with van der Waals surface area (Å²) in [6.45, 7) is 0. The van der Waals surface area contributed by atoms with Gasteiger partial charge in [-0.15, -0.1) is 0 Å². The van der Waals surface area contributed by atoms with Crippen LogP contribution in [0.3, 0.4) is 0 Å². The zero-order valence-electron chi connectivity index (χ0n) is 9.58. The molecule has 0 aromatic heterocycles. The molecule has 1 aromatic rings. The summed E-state index contributed by atoms with van der Waals surface area (Å²) in [7, 11) is 0. The van der Waals surface area contributed by atoms with Gasteiger partial charge in [0.2, 0.25) is 0 Å². The fraction of sp³-hybridized carbons (Fsp3) is 0.154. The van der Waals surface area contributed by atoms with Crippen molar-refractivity contribution in [1.29, 1.82) is 0 Å². The van der Waals surface area contributed by atoms with Gasteiger partial charge in [0.05, 0.1) is 6.42 Å². The Bertz CT molecular complexity index is 533. The molecule has 2 N–H and O–H groups in total. The lowest BCUT2D eigenvalue weighted by Crippen LogP contribution is -2.49. The molecule has 1 aliphatic carbocycles. The molecule has 92 valence electrons. The smallest absolute Gasteiger partial charge is 0.320 e. The van der Waals surface area contributed by atoms with Crippen molar-refractivity contribution >= 4 is 11.5 Å². The number of rotatable bonds is 3. The van der Waals surface area contributed by atoms with Crippen LogP contribution >= 0.6 is 0 Å². The summed E-state index contributed by atoms with van der Waals surface area (Å²) in [6.07, 6.45) is 4.50. The minimum Gasteiger partial charge on any atom is -0.363 e. The van der Waals surface area contributed by atoms with Crippen LogP contribution in [-0.4, -0.2) is 16.4 Å². The highest BCUT2D eigenvalue weighted by atomic mass is 16.6. The van der Waals surface area contributed by atoms with Gasteiger partial charge in [0, 0.05) is 11.0 Å². The molecule has 0 heterocycles. The van der Waals surface area contributed by atoms with Gasteiger partial charge >= 0.3 is 5.54 Å². The zero-order valence-corrected chi connectivity index (χ0v) is 9.58. The van der Waals surface area contributed by atoms with Crippen molar-refractivity contribution in [2.45, 2.75) is 12.0 Å². The Hall–Kier alpha value is -2.43. The standard InChI is InChI=1S/C13H12N2O3/c14-12(16)13(15(17)18)8-6-11(7-9-13)10-4-2-1-3-5-10/h1-8H,9H2,(H2,14,16). The second-order valence-electron chi connectivity index (χ2n) is 4.11. The SMILES string of the molecule is NC(=O)C1([N+](=O)[O-])C=CC(c2ccccc2)=CC1. The number of hydrogen-bond donors (Lipinski definition) is 1. The molecule has 5 heteroatoms. The largest absolute Gasteiger partial charge is 0.363 e. The normalized spacial score (nSPS) is 22.3. The van der Waals surface area contributed by atoms with Crippen molar-refractivity contribution in [1.82, 2.24) is 0 Å². The molecule has 18 heavy (non-hydrogen) atoms. The third-order valence-electron chi connectivity index (χ3n) is 3.03. The van der Waals surface area contributed by atoms with E-state index >= 15 is 0 Å². The van der Waals surface area contributed by atoms with Gasteiger partial charge in [-0.3, -0.25) is 14.9 Å². The third-order valence-corrected chi connectivity index (χ3v) is 3.03. The van der Waals surface area contributed by atoms with E-state index in [0.29, 0.717) is 0 Å². The van der Waals surface area contributed by atoms with Crippen molar-refractivity contribution in [3.8, 4) is 0 Å². The summed E-state index contributed by atoms with van der Waals surface area (Å²) < 4.78 is 0. The minimum absolute atomic E-state index is 0.0178. The zero-order chi connectivity index (χ0) is 13.2. The number of carbonyl (C=O) groups is 1. The number of amides is 1. The molecule has 1 aromatic carbocycles. The van der Waals surface area contributed by atoms with E-state index in [1.165, 1.54) is 6.08 Å². The van der Waals surface area contributed by atoms with E-state index in [2.05, 4.69) is 0 Å². The molecule has 1 aliphatic rings. The molecule has 0 radical (unpaired) electrons. The Morgan fingerprint density at radius 1 is 1.33 bits per heavy atom. The number of carbonyl (C=O) groups excluding carboxylic acids is 1. The summed E-state index contributed by atoms with van der Waals surface area (Å²) in [4.78, 5) is 21.6. The van der Waals surface area contributed by atoms with Crippen LogP contribution in [0, 0.1) is 10.1 Å². The quantitative estimate of drug-likeness (QED) is 0.646. The molecule has 2 rings (SSSR count). The van der Waals surface area contributed by atoms with Crippen molar-refractivity contribution < 1.29 is 9.72 Å². The predicted molar refractivity (Wildman–Crippen MR) is 67.1 cm³/mol. The van der Waals surface area contributed by atoms with E-state index in [1.807, 2.05) is 30.3 Å². The number of nitrogens with zero attached hydrogens (tertiary/aromatic N) is 1. The minimum atomic E-state index is -1.81. The van der Waals surface area contributed by atoms with Gasteiger partial charge in [0.25, 0.3) is 5.91 Å². The van der Waals surface area contributed by atoms with Gasteiger partial charge in [-0.1, -0.05) is 42.5 Å². The lowest BCUT2D eigenvalue weighted by Gasteiger charge is -2.20. The molecule has 0 fully saturated rings. The first-order valence-electron chi connectivity index (χ1n) is 5.45. The van der Waals surface area contributed by atoms with Crippen LogP contribution in [0.1, 0.15) is 12.0 Å². The van der Waals surface area contributed by atoms with Gasteiger partial charge in [0.1, 0.15) is 0 Å². The molecule has 0 saturated heterocycles. The molecular formula is C13H12N2O3. The lowest BCUT2D eigenvalue weighted by molar-refractivity contribution is -0.537. The van der Waals surface area contributed by atoms with Crippen LogP contribution in [0.4, 0.5) is 0 Å². The maximum atomic E-state index is 11.3. The average Bonchev–Trinajstić information content (AvgIpc) is 2.39. The Morgan fingerprint density at radius 2 is 2.00 bits per heavy atom. The van der Waals surface area contributed by atoms with Crippen LogP contribution in [0.2, 0.25) is 0 Å². The Kier molecular flexibility index (Phi) is 2.97. The maximum Gasteiger partial charge on any atom is 0.320 e. The van der Waals surface area contributed by atoms with Crippen LogP contribution in [-0.2, 0) is 4.79 Å².